The number of nitrogen functional groups attached to an aromatic ring is 1. The zero-order chi connectivity index (χ0) is 9.30. The number of anilines is 1. The molecule has 1 aromatic heterocycles. The Labute approximate surface area is 82.5 Å². The van der Waals surface area contributed by atoms with Crippen molar-refractivity contribution in [3.63, 3.8) is 0 Å². The van der Waals surface area contributed by atoms with Crippen molar-refractivity contribution in [3.05, 3.63) is 11.4 Å². The number of carbonyl (C=O) groups is 1. The first-order valence-corrected chi connectivity index (χ1v) is 3.69. The maximum atomic E-state index is 10.9. The third-order valence-electron chi connectivity index (χ3n) is 1.73. The van der Waals surface area contributed by atoms with E-state index in [1.165, 1.54) is 4.68 Å². The molecule has 6 heteroatoms. The summed E-state index contributed by atoms with van der Waals surface area (Å²) in [4.78, 5) is 10.9. The maximum absolute atomic E-state index is 10.9. The van der Waals surface area contributed by atoms with E-state index in [9.17, 15) is 4.79 Å². The lowest BCUT2D eigenvalue weighted by molar-refractivity contribution is 0.0992. The van der Waals surface area contributed by atoms with Crippen molar-refractivity contribution in [1.29, 1.82) is 0 Å². The fraction of sp³-hybridized carbons (Fsp3) is 0.429. The minimum Gasteiger partial charge on any atom is -0.395 e. The molecule has 0 aliphatic carbocycles. The SMILES string of the molecule is CCc1nn(C)c(C(N)=O)c1N.Cl. The van der Waals surface area contributed by atoms with Gasteiger partial charge in [-0.25, -0.2) is 0 Å². The molecule has 0 spiro atoms. The highest BCUT2D eigenvalue weighted by molar-refractivity contribution is 5.96. The van der Waals surface area contributed by atoms with Crippen molar-refractivity contribution in [1.82, 2.24) is 9.78 Å². The molecule has 0 atom stereocenters. The van der Waals surface area contributed by atoms with Gasteiger partial charge in [0, 0.05) is 7.05 Å². The number of carbonyl (C=O) groups excluding carboxylic acids is 1. The van der Waals surface area contributed by atoms with E-state index in [0.717, 1.165) is 0 Å². The Balaban J connectivity index is 0.00000144. The molecule has 0 bridgehead atoms. The highest BCUT2D eigenvalue weighted by atomic mass is 35.5. The molecule has 0 radical (unpaired) electrons. The zero-order valence-corrected chi connectivity index (χ0v) is 8.39. The van der Waals surface area contributed by atoms with Gasteiger partial charge >= 0.3 is 0 Å². The van der Waals surface area contributed by atoms with E-state index >= 15 is 0 Å². The number of aryl methyl sites for hydroxylation is 2. The summed E-state index contributed by atoms with van der Waals surface area (Å²) in [5.41, 5.74) is 12.1. The number of primary amides is 1. The Morgan fingerprint density at radius 1 is 1.62 bits per heavy atom. The number of hydrogen-bond donors (Lipinski definition) is 2. The number of amides is 1. The number of halogens is 1. The van der Waals surface area contributed by atoms with Gasteiger partial charge < -0.3 is 11.5 Å². The van der Waals surface area contributed by atoms with Gasteiger partial charge in [0.2, 0.25) is 0 Å². The summed E-state index contributed by atoms with van der Waals surface area (Å²) in [5, 5.41) is 4.04. The predicted octanol–water partition coefficient (Wildman–Crippen LogP) is 0.0854. The van der Waals surface area contributed by atoms with Crippen LogP contribution in [0.2, 0.25) is 0 Å². The van der Waals surface area contributed by atoms with E-state index in [0.29, 0.717) is 17.8 Å². The van der Waals surface area contributed by atoms with Gasteiger partial charge in [0.1, 0.15) is 5.69 Å². The largest absolute Gasteiger partial charge is 0.395 e. The Hall–Kier alpha value is -1.23. The second-order valence-electron chi connectivity index (χ2n) is 2.55. The van der Waals surface area contributed by atoms with Gasteiger partial charge in [-0.3, -0.25) is 9.48 Å². The summed E-state index contributed by atoms with van der Waals surface area (Å²) in [7, 11) is 1.65. The molecular weight excluding hydrogens is 192 g/mol. The molecule has 0 aliphatic rings. The van der Waals surface area contributed by atoms with Crippen LogP contribution in [0.15, 0.2) is 0 Å². The van der Waals surface area contributed by atoms with Crippen LogP contribution in [0.25, 0.3) is 0 Å². The second kappa shape index (κ2) is 4.13. The maximum Gasteiger partial charge on any atom is 0.269 e. The van der Waals surface area contributed by atoms with Crippen LogP contribution in [0.4, 0.5) is 5.69 Å². The summed E-state index contributed by atoms with van der Waals surface area (Å²) >= 11 is 0. The van der Waals surface area contributed by atoms with Crippen molar-refractivity contribution < 1.29 is 4.79 Å². The van der Waals surface area contributed by atoms with E-state index in [1.807, 2.05) is 6.92 Å². The molecular formula is C7H13ClN4O. The van der Waals surface area contributed by atoms with Crippen LogP contribution in [0.1, 0.15) is 23.1 Å². The monoisotopic (exact) mass is 204 g/mol. The number of nitrogens with two attached hydrogens (primary N) is 2. The second-order valence-corrected chi connectivity index (χ2v) is 2.55. The zero-order valence-electron chi connectivity index (χ0n) is 7.57. The van der Waals surface area contributed by atoms with E-state index in [4.69, 9.17) is 11.5 Å². The predicted molar refractivity (Wildman–Crippen MR) is 52.8 cm³/mol. The van der Waals surface area contributed by atoms with E-state index in [1.54, 1.807) is 7.05 Å². The molecule has 0 saturated carbocycles. The van der Waals surface area contributed by atoms with Gasteiger partial charge in [0.25, 0.3) is 5.91 Å². The van der Waals surface area contributed by atoms with E-state index in [-0.39, 0.29) is 18.1 Å². The highest BCUT2D eigenvalue weighted by Gasteiger charge is 2.15. The molecule has 0 unspecified atom stereocenters. The third kappa shape index (κ3) is 1.92. The van der Waals surface area contributed by atoms with Crippen molar-refractivity contribution in [3.8, 4) is 0 Å². The van der Waals surface area contributed by atoms with Crippen LogP contribution in [0, 0.1) is 0 Å². The molecule has 4 N–H and O–H groups in total. The van der Waals surface area contributed by atoms with Crippen LogP contribution in [0.5, 0.6) is 0 Å². The number of hydrogen-bond acceptors (Lipinski definition) is 3. The van der Waals surface area contributed by atoms with Crippen molar-refractivity contribution in [2.45, 2.75) is 13.3 Å². The average molecular weight is 205 g/mol. The molecule has 1 amide bonds. The first-order valence-electron chi connectivity index (χ1n) is 3.69. The molecule has 13 heavy (non-hydrogen) atoms. The van der Waals surface area contributed by atoms with E-state index in [2.05, 4.69) is 5.10 Å². The molecule has 0 saturated heterocycles. The molecule has 0 fully saturated rings. The normalized spacial score (nSPS) is 9.38. The minimum atomic E-state index is -0.540. The van der Waals surface area contributed by atoms with Crippen LogP contribution < -0.4 is 11.5 Å². The Kier molecular flexibility index (Phi) is 3.74. The van der Waals surface area contributed by atoms with Gasteiger partial charge in [-0.2, -0.15) is 5.10 Å². The standard InChI is InChI=1S/C7H12N4O.ClH/c1-3-4-5(8)6(7(9)12)11(2)10-4;/h3,8H2,1-2H3,(H2,9,12);1H. The summed E-state index contributed by atoms with van der Waals surface area (Å²) in [6.07, 6.45) is 0.701. The Morgan fingerprint density at radius 2 is 2.15 bits per heavy atom. The topological polar surface area (TPSA) is 86.9 Å². The number of aromatic nitrogens is 2. The van der Waals surface area contributed by atoms with Gasteiger partial charge in [-0.1, -0.05) is 6.92 Å². The molecule has 0 aliphatic heterocycles. The summed E-state index contributed by atoms with van der Waals surface area (Å²) in [5.74, 6) is -0.540. The number of nitrogens with zero attached hydrogens (tertiary/aromatic N) is 2. The fourth-order valence-electron chi connectivity index (χ4n) is 1.15. The lowest BCUT2D eigenvalue weighted by Gasteiger charge is -1.95. The van der Waals surface area contributed by atoms with Crippen molar-refractivity contribution >= 4 is 24.0 Å². The van der Waals surface area contributed by atoms with Crippen LogP contribution in [-0.2, 0) is 13.5 Å². The van der Waals surface area contributed by atoms with Gasteiger partial charge in [0.15, 0.2) is 0 Å². The molecule has 1 aromatic rings. The van der Waals surface area contributed by atoms with Gasteiger partial charge in [0.05, 0.1) is 11.4 Å². The quantitative estimate of drug-likeness (QED) is 0.716. The van der Waals surface area contributed by atoms with Gasteiger partial charge in [-0.15, -0.1) is 12.4 Å². The lowest BCUT2D eigenvalue weighted by Crippen LogP contribution is -2.17. The van der Waals surface area contributed by atoms with Crippen LogP contribution in [0.3, 0.4) is 0 Å². The summed E-state index contributed by atoms with van der Waals surface area (Å²) in [6, 6.07) is 0. The smallest absolute Gasteiger partial charge is 0.269 e. The first-order chi connectivity index (χ1) is 5.57. The minimum absolute atomic E-state index is 0. The molecule has 0 aromatic carbocycles. The van der Waals surface area contributed by atoms with Crippen molar-refractivity contribution in [2.75, 3.05) is 5.73 Å². The lowest BCUT2D eigenvalue weighted by atomic mass is 10.2. The Bertz CT molecular complexity index is 321. The molecule has 1 rings (SSSR count). The van der Waals surface area contributed by atoms with Crippen molar-refractivity contribution in [2.24, 2.45) is 12.8 Å². The first kappa shape index (κ1) is 11.8. The molecule has 74 valence electrons. The van der Waals surface area contributed by atoms with Crippen LogP contribution >= 0.6 is 12.4 Å². The average Bonchev–Trinajstić information content (AvgIpc) is 2.25. The van der Waals surface area contributed by atoms with Crippen LogP contribution in [-0.4, -0.2) is 15.7 Å². The Morgan fingerprint density at radius 3 is 2.38 bits per heavy atom. The molecule has 5 nitrogen and oxygen atoms in total. The molecule has 1 heterocycles. The summed E-state index contributed by atoms with van der Waals surface area (Å²) < 4.78 is 1.41. The third-order valence-corrected chi connectivity index (χ3v) is 1.73. The van der Waals surface area contributed by atoms with E-state index < -0.39 is 5.91 Å². The highest BCUT2D eigenvalue weighted by Crippen LogP contribution is 2.15. The summed E-state index contributed by atoms with van der Waals surface area (Å²) in [6.45, 7) is 1.92. The fourth-order valence-corrected chi connectivity index (χ4v) is 1.15. The number of rotatable bonds is 2. The van der Waals surface area contributed by atoms with Gasteiger partial charge in [-0.05, 0) is 6.42 Å².